The molecular formula is C8H13BrN4S. The molecule has 0 aliphatic rings. The first-order valence-corrected chi connectivity index (χ1v) is 5.92. The van der Waals surface area contributed by atoms with Gasteiger partial charge in [-0.2, -0.15) is 0 Å². The van der Waals surface area contributed by atoms with E-state index in [4.69, 9.17) is 5.84 Å². The van der Waals surface area contributed by atoms with Crippen molar-refractivity contribution in [2.75, 3.05) is 6.54 Å². The normalized spacial score (nSPS) is 11.5. The molecule has 4 N–H and O–H groups in total. The molecule has 0 unspecified atom stereocenters. The molecule has 0 bridgehead atoms. The highest BCUT2D eigenvalue weighted by molar-refractivity contribution is 9.11. The van der Waals surface area contributed by atoms with Gasteiger partial charge in [-0.05, 0) is 39.9 Å². The molecule has 0 saturated carbocycles. The van der Waals surface area contributed by atoms with Crippen LogP contribution in [0.4, 0.5) is 0 Å². The zero-order chi connectivity index (χ0) is 10.4. The molecule has 0 atom stereocenters. The SMILES string of the molecule is CCNC(=NCc1ccsc1Br)NN. The Kier molecular flexibility index (Phi) is 4.92. The second-order valence-electron chi connectivity index (χ2n) is 2.56. The number of rotatable bonds is 3. The fraction of sp³-hybridized carbons (Fsp3) is 0.375. The first-order valence-electron chi connectivity index (χ1n) is 4.24. The predicted octanol–water partition coefficient (Wildman–Crippen LogP) is 1.44. The van der Waals surface area contributed by atoms with Crippen molar-refractivity contribution in [3.63, 3.8) is 0 Å². The van der Waals surface area contributed by atoms with Crippen LogP contribution < -0.4 is 16.6 Å². The Morgan fingerprint density at radius 2 is 2.50 bits per heavy atom. The second kappa shape index (κ2) is 6.00. The van der Waals surface area contributed by atoms with Crippen LogP contribution >= 0.6 is 27.3 Å². The number of nitrogens with zero attached hydrogens (tertiary/aromatic N) is 1. The van der Waals surface area contributed by atoms with E-state index in [1.807, 2.05) is 18.4 Å². The highest BCUT2D eigenvalue weighted by atomic mass is 79.9. The van der Waals surface area contributed by atoms with Crippen molar-refractivity contribution in [3.8, 4) is 0 Å². The van der Waals surface area contributed by atoms with E-state index in [-0.39, 0.29) is 0 Å². The second-order valence-corrected chi connectivity index (χ2v) is 4.79. The summed E-state index contributed by atoms with van der Waals surface area (Å²) in [5, 5.41) is 5.04. The zero-order valence-electron chi connectivity index (χ0n) is 7.88. The van der Waals surface area contributed by atoms with Gasteiger partial charge in [0.1, 0.15) is 0 Å². The van der Waals surface area contributed by atoms with Crippen LogP contribution in [0.1, 0.15) is 12.5 Å². The van der Waals surface area contributed by atoms with Gasteiger partial charge in [0.05, 0.1) is 10.3 Å². The monoisotopic (exact) mass is 276 g/mol. The van der Waals surface area contributed by atoms with Gasteiger partial charge in [0.25, 0.3) is 0 Å². The molecule has 0 spiro atoms. The average Bonchev–Trinajstić information content (AvgIpc) is 2.59. The number of nitrogens with one attached hydrogen (secondary N) is 2. The van der Waals surface area contributed by atoms with Crippen LogP contribution in [-0.4, -0.2) is 12.5 Å². The Hall–Kier alpha value is -0.590. The lowest BCUT2D eigenvalue weighted by atomic mass is 10.3. The summed E-state index contributed by atoms with van der Waals surface area (Å²) in [6.45, 7) is 3.41. The maximum Gasteiger partial charge on any atom is 0.206 e. The van der Waals surface area contributed by atoms with Crippen LogP contribution in [0, 0.1) is 0 Å². The van der Waals surface area contributed by atoms with Crippen molar-refractivity contribution in [2.24, 2.45) is 10.8 Å². The molecule has 0 saturated heterocycles. The molecule has 14 heavy (non-hydrogen) atoms. The molecule has 0 amide bonds. The third kappa shape index (κ3) is 3.28. The molecule has 4 nitrogen and oxygen atoms in total. The number of hydrogen-bond donors (Lipinski definition) is 3. The molecule has 1 aromatic heterocycles. The minimum Gasteiger partial charge on any atom is -0.356 e. The Labute approximate surface area is 95.7 Å². The molecule has 0 aromatic carbocycles. The number of hydrogen-bond acceptors (Lipinski definition) is 3. The predicted molar refractivity (Wildman–Crippen MR) is 64.2 cm³/mol. The van der Waals surface area contributed by atoms with E-state index in [1.165, 1.54) is 5.56 Å². The van der Waals surface area contributed by atoms with E-state index < -0.39 is 0 Å². The van der Waals surface area contributed by atoms with Crippen molar-refractivity contribution >= 4 is 33.2 Å². The van der Waals surface area contributed by atoms with Gasteiger partial charge >= 0.3 is 0 Å². The summed E-state index contributed by atoms with van der Waals surface area (Å²) >= 11 is 5.11. The first-order chi connectivity index (χ1) is 6.77. The van der Waals surface area contributed by atoms with Crippen molar-refractivity contribution in [1.82, 2.24) is 10.7 Å². The quantitative estimate of drug-likeness (QED) is 0.339. The molecule has 0 aliphatic heterocycles. The molecule has 1 heterocycles. The highest BCUT2D eigenvalue weighted by Gasteiger charge is 2.00. The van der Waals surface area contributed by atoms with E-state index in [9.17, 15) is 0 Å². The minimum atomic E-state index is 0.616. The average molecular weight is 277 g/mol. The van der Waals surface area contributed by atoms with Gasteiger partial charge in [0.15, 0.2) is 0 Å². The summed E-state index contributed by atoms with van der Waals surface area (Å²) in [6.07, 6.45) is 0. The van der Waals surface area contributed by atoms with E-state index in [0.717, 1.165) is 10.3 Å². The van der Waals surface area contributed by atoms with Gasteiger partial charge in [-0.3, -0.25) is 5.43 Å². The maximum absolute atomic E-state index is 5.28. The van der Waals surface area contributed by atoms with Gasteiger partial charge in [0.2, 0.25) is 5.96 Å². The van der Waals surface area contributed by atoms with Gasteiger partial charge in [0, 0.05) is 6.54 Å². The lowest BCUT2D eigenvalue weighted by molar-refractivity contribution is 0.852. The van der Waals surface area contributed by atoms with Crippen molar-refractivity contribution in [1.29, 1.82) is 0 Å². The van der Waals surface area contributed by atoms with Crippen LogP contribution in [0.3, 0.4) is 0 Å². The first kappa shape index (κ1) is 11.5. The standard InChI is InChI=1S/C8H13BrN4S/c1-2-11-8(13-10)12-5-6-3-4-14-7(6)9/h3-4H,2,5,10H2,1H3,(H2,11,12,13). The van der Waals surface area contributed by atoms with Crippen molar-refractivity contribution < 1.29 is 0 Å². The molecular weight excluding hydrogens is 264 g/mol. The third-order valence-electron chi connectivity index (χ3n) is 1.58. The van der Waals surface area contributed by atoms with E-state index in [1.54, 1.807) is 11.3 Å². The van der Waals surface area contributed by atoms with Crippen LogP contribution in [0.5, 0.6) is 0 Å². The van der Waals surface area contributed by atoms with Crippen molar-refractivity contribution in [2.45, 2.75) is 13.5 Å². The Morgan fingerprint density at radius 1 is 1.71 bits per heavy atom. The van der Waals surface area contributed by atoms with Crippen LogP contribution in [-0.2, 0) is 6.54 Å². The van der Waals surface area contributed by atoms with E-state index >= 15 is 0 Å². The molecule has 0 radical (unpaired) electrons. The zero-order valence-corrected chi connectivity index (χ0v) is 10.3. The lowest BCUT2D eigenvalue weighted by Gasteiger charge is -2.05. The minimum absolute atomic E-state index is 0.616. The number of hydrazine groups is 1. The summed E-state index contributed by atoms with van der Waals surface area (Å²) < 4.78 is 1.12. The smallest absolute Gasteiger partial charge is 0.206 e. The van der Waals surface area contributed by atoms with Crippen molar-refractivity contribution in [3.05, 3.63) is 20.8 Å². The van der Waals surface area contributed by atoms with Gasteiger partial charge < -0.3 is 5.32 Å². The molecule has 78 valence electrons. The fourth-order valence-corrected chi connectivity index (χ4v) is 2.13. The highest BCUT2D eigenvalue weighted by Crippen LogP contribution is 2.23. The molecule has 0 aliphatic carbocycles. The number of halogens is 1. The lowest BCUT2D eigenvalue weighted by Crippen LogP contribution is -2.41. The summed E-state index contributed by atoms with van der Waals surface area (Å²) in [7, 11) is 0. The maximum atomic E-state index is 5.28. The molecule has 1 rings (SSSR count). The molecule has 1 aromatic rings. The van der Waals surface area contributed by atoms with Crippen LogP contribution in [0.25, 0.3) is 0 Å². The number of nitrogens with two attached hydrogens (primary N) is 1. The number of thiophene rings is 1. The van der Waals surface area contributed by atoms with E-state index in [2.05, 4.69) is 31.7 Å². The Morgan fingerprint density at radius 3 is 3.00 bits per heavy atom. The Bertz CT molecular complexity index is 310. The Balaban J connectivity index is 2.56. The summed E-state index contributed by atoms with van der Waals surface area (Å²) in [4.78, 5) is 4.28. The molecule has 6 heteroatoms. The van der Waals surface area contributed by atoms with Crippen LogP contribution in [0.2, 0.25) is 0 Å². The van der Waals surface area contributed by atoms with Gasteiger partial charge in [-0.25, -0.2) is 10.8 Å². The fourth-order valence-electron chi connectivity index (χ4n) is 0.916. The summed E-state index contributed by atoms with van der Waals surface area (Å²) in [5.41, 5.74) is 3.68. The van der Waals surface area contributed by atoms with Gasteiger partial charge in [-0.1, -0.05) is 0 Å². The van der Waals surface area contributed by atoms with E-state index in [0.29, 0.717) is 12.5 Å². The van der Waals surface area contributed by atoms with Gasteiger partial charge in [-0.15, -0.1) is 11.3 Å². The summed E-state index contributed by atoms with van der Waals surface area (Å²) in [5.74, 6) is 5.90. The van der Waals surface area contributed by atoms with Crippen LogP contribution in [0.15, 0.2) is 20.2 Å². The topological polar surface area (TPSA) is 62.4 Å². The third-order valence-corrected chi connectivity index (χ3v) is 3.39. The number of aliphatic imine (C=N–C) groups is 1. The summed E-state index contributed by atoms with van der Waals surface area (Å²) in [6, 6.07) is 2.04. The largest absolute Gasteiger partial charge is 0.356 e. The molecule has 0 fully saturated rings. The number of guanidine groups is 1.